The molecule has 4 aromatic rings. The molecular formula is C42H52I2N2O8. The lowest BCUT2D eigenvalue weighted by Gasteiger charge is -2.42. The quantitative estimate of drug-likeness (QED) is 0.145. The van der Waals surface area contributed by atoms with Crippen molar-refractivity contribution in [2.75, 3.05) is 67.6 Å². The SMILES string of the molecule is COc1cc2c(cc1OC)[C@@H]1Cc3ccc(OC)c(O)c3CN1CC2.I.[2H]C([2H])([2H])I.[2H]C([2H])([2H])Oc1c(OC)ccc2c1CN1CCc3cc(OC)c(OC)cc3[C@@H]1C2. The van der Waals surface area contributed by atoms with E-state index in [9.17, 15) is 5.11 Å². The van der Waals surface area contributed by atoms with Gasteiger partial charge in [-0.2, -0.15) is 0 Å². The van der Waals surface area contributed by atoms with Crippen LogP contribution in [0, 0.1) is 0 Å². The number of nitrogens with zero attached hydrogens (tertiary/aromatic N) is 2. The normalized spacial score (nSPS) is 19.8. The van der Waals surface area contributed by atoms with Crippen LogP contribution < -0.4 is 33.2 Å². The summed E-state index contributed by atoms with van der Waals surface area (Å²) >= 11 is 1.38. The Morgan fingerprint density at radius 1 is 0.593 bits per heavy atom. The van der Waals surface area contributed by atoms with Crippen molar-refractivity contribution in [3.05, 3.63) is 93.0 Å². The molecule has 0 saturated carbocycles. The summed E-state index contributed by atoms with van der Waals surface area (Å²) < 4.78 is 79.3. The molecule has 0 amide bonds. The lowest BCUT2D eigenvalue weighted by atomic mass is 9.83. The Morgan fingerprint density at radius 2 is 1.02 bits per heavy atom. The summed E-state index contributed by atoms with van der Waals surface area (Å²) in [6.45, 7) is 3.17. The zero-order chi connectivity index (χ0) is 42.8. The van der Waals surface area contributed by atoms with Crippen LogP contribution in [-0.4, -0.2) is 82.6 Å². The molecule has 0 bridgehead atoms. The van der Waals surface area contributed by atoms with Gasteiger partial charge in [0.15, 0.2) is 46.0 Å². The number of hydrogen-bond donors (Lipinski definition) is 1. The van der Waals surface area contributed by atoms with Crippen LogP contribution in [0.15, 0.2) is 48.5 Å². The van der Waals surface area contributed by atoms with Crippen LogP contribution in [0.4, 0.5) is 0 Å². The van der Waals surface area contributed by atoms with Crippen LogP contribution in [0.5, 0.6) is 46.0 Å². The highest BCUT2D eigenvalue weighted by Gasteiger charge is 2.36. The maximum Gasteiger partial charge on any atom is 0.165 e. The number of hydrogen-bond acceptors (Lipinski definition) is 10. The molecule has 0 aromatic heterocycles. The second-order valence-corrected chi connectivity index (χ2v) is 13.3. The Bertz CT molecular complexity index is 2150. The molecule has 12 heteroatoms. The van der Waals surface area contributed by atoms with Gasteiger partial charge >= 0.3 is 0 Å². The molecule has 54 heavy (non-hydrogen) atoms. The first-order valence-corrected chi connectivity index (χ1v) is 18.5. The molecule has 1 N–H and O–H groups in total. The van der Waals surface area contributed by atoms with Crippen LogP contribution in [0.25, 0.3) is 0 Å². The van der Waals surface area contributed by atoms with Crippen LogP contribution in [-0.2, 0) is 38.8 Å². The van der Waals surface area contributed by atoms with Gasteiger partial charge in [-0.1, -0.05) is 34.7 Å². The Kier molecular flexibility index (Phi) is 11.7. The number of aromatic hydroxyl groups is 1. The van der Waals surface area contributed by atoms with Crippen molar-refractivity contribution in [1.29, 1.82) is 0 Å². The van der Waals surface area contributed by atoms with Crippen molar-refractivity contribution >= 4 is 46.6 Å². The molecule has 0 radical (unpaired) electrons. The fraction of sp³-hybridized carbons (Fsp3) is 0.429. The number of alkyl halides is 1. The van der Waals surface area contributed by atoms with Crippen molar-refractivity contribution < 1.29 is 46.5 Å². The largest absolute Gasteiger partial charge is 0.504 e. The lowest BCUT2D eigenvalue weighted by Crippen LogP contribution is -2.39. The van der Waals surface area contributed by atoms with E-state index < -0.39 is 11.9 Å². The van der Waals surface area contributed by atoms with Gasteiger partial charge in [0.2, 0.25) is 0 Å². The molecule has 4 aliphatic rings. The van der Waals surface area contributed by atoms with E-state index in [1.807, 2.05) is 12.1 Å². The highest BCUT2D eigenvalue weighted by molar-refractivity contribution is 14.1. The van der Waals surface area contributed by atoms with E-state index in [4.69, 9.17) is 41.4 Å². The molecule has 4 aromatic carbocycles. The zero-order valence-corrected chi connectivity index (χ0v) is 35.9. The number of phenolic OH excluding ortho intramolecular Hbond substituents is 1. The average molecular weight is 973 g/mol. The minimum atomic E-state index is -2.53. The van der Waals surface area contributed by atoms with Gasteiger partial charge < -0.3 is 38.3 Å². The molecule has 0 saturated heterocycles. The first-order valence-electron chi connectivity index (χ1n) is 20.4. The summed E-state index contributed by atoms with van der Waals surface area (Å²) in [7, 11) is 7.22. The fourth-order valence-electron chi connectivity index (χ4n) is 8.31. The lowest BCUT2D eigenvalue weighted by molar-refractivity contribution is 0.157. The number of ether oxygens (including phenoxy) is 7. The van der Waals surface area contributed by atoms with E-state index in [0.29, 0.717) is 29.8 Å². The fourth-order valence-corrected chi connectivity index (χ4v) is 8.31. The number of phenols is 1. The van der Waals surface area contributed by atoms with Crippen molar-refractivity contribution in [1.82, 2.24) is 9.80 Å². The Labute approximate surface area is 358 Å². The number of rotatable bonds is 7. The van der Waals surface area contributed by atoms with Gasteiger partial charge in [0, 0.05) is 53.5 Å². The Morgan fingerprint density at radius 3 is 1.48 bits per heavy atom. The molecule has 10 nitrogen and oxygen atoms in total. The van der Waals surface area contributed by atoms with Crippen LogP contribution in [0.1, 0.15) is 64.8 Å². The second kappa shape index (κ2) is 18.5. The monoisotopic (exact) mass is 972 g/mol. The summed E-state index contributed by atoms with van der Waals surface area (Å²) in [4.78, 5) is 3.01. The molecule has 0 aliphatic carbocycles. The minimum Gasteiger partial charge on any atom is -0.504 e. The molecule has 0 spiro atoms. The molecule has 4 heterocycles. The van der Waals surface area contributed by atoms with Crippen molar-refractivity contribution in [3.8, 4) is 46.0 Å². The molecule has 292 valence electrons. The standard InChI is InChI=1S/C21H25NO4.C20H23NO4.CH3I.HI/c1-23-18-6-5-13-9-17-15-11-20(25-3)19(24-2)10-14(15)7-8-22(17)12-16(13)21(18)26-4;1-23-17-5-4-12-8-16-14-10-19(25-3)18(24-2)9-13(14)6-7-21(16)11-15(12)20(17)22;1-2;/h5-6,10-11,17H,7-9,12H2,1-4H3;4-5,9-10,16,22H,6-8,11H2,1-3H3;1H3;1H/t17-;16-;;/m00../s1/i4D3;;1D3;. The summed E-state index contributed by atoms with van der Waals surface area (Å²) in [5.41, 5.74) is 9.25. The van der Waals surface area contributed by atoms with E-state index in [2.05, 4.69) is 40.1 Å². The summed E-state index contributed by atoms with van der Waals surface area (Å²) in [5, 5.41) is 10.5. The number of fused-ring (bicyclic) bond motifs is 8. The van der Waals surface area contributed by atoms with Gasteiger partial charge in [-0.05, 0) is 100 Å². The van der Waals surface area contributed by atoms with E-state index in [-0.39, 0.29) is 35.8 Å². The van der Waals surface area contributed by atoms with Gasteiger partial charge in [-0.25, -0.2) is 0 Å². The van der Waals surface area contributed by atoms with Crippen molar-refractivity contribution in [2.45, 2.75) is 50.9 Å². The molecule has 8 rings (SSSR count). The second-order valence-electron chi connectivity index (χ2n) is 13.3. The zero-order valence-electron chi connectivity index (χ0n) is 37.4. The van der Waals surface area contributed by atoms with Crippen molar-refractivity contribution in [2.24, 2.45) is 0 Å². The van der Waals surface area contributed by atoms with Gasteiger partial charge in [-0.3, -0.25) is 9.80 Å². The van der Waals surface area contributed by atoms with Gasteiger partial charge in [0.25, 0.3) is 0 Å². The number of methoxy groups -OCH3 is 7. The third kappa shape index (κ3) is 7.85. The minimum absolute atomic E-state index is 0. The third-order valence-electron chi connectivity index (χ3n) is 11.0. The third-order valence-corrected chi connectivity index (χ3v) is 11.0. The van der Waals surface area contributed by atoms with E-state index in [1.54, 1.807) is 41.6 Å². The highest BCUT2D eigenvalue weighted by Crippen LogP contribution is 2.47. The molecule has 4 aliphatic heterocycles. The van der Waals surface area contributed by atoms with Gasteiger partial charge in [-0.15, -0.1) is 24.0 Å². The number of benzene rings is 4. The maximum atomic E-state index is 10.5. The first-order chi connectivity index (χ1) is 28.0. The van der Waals surface area contributed by atoms with E-state index in [0.717, 1.165) is 85.0 Å². The summed E-state index contributed by atoms with van der Waals surface area (Å²) in [5.74, 6) is 4.61. The number of halogens is 2. The van der Waals surface area contributed by atoms with Crippen LogP contribution in [0.2, 0.25) is 0 Å². The topological polar surface area (TPSA) is 91.3 Å². The Hall–Kier alpha value is -3.34. The van der Waals surface area contributed by atoms with Gasteiger partial charge in [0.05, 0.1) is 53.8 Å². The maximum absolute atomic E-state index is 10.5. The molecule has 0 unspecified atom stereocenters. The van der Waals surface area contributed by atoms with Crippen LogP contribution in [0.3, 0.4) is 0 Å². The van der Waals surface area contributed by atoms with Gasteiger partial charge in [0.1, 0.15) is 0 Å². The van der Waals surface area contributed by atoms with E-state index in [1.165, 1.54) is 57.5 Å². The molecular weight excluding hydrogens is 914 g/mol. The highest BCUT2D eigenvalue weighted by atomic mass is 127. The molecule has 0 fully saturated rings. The Balaban J connectivity index is 0.000000203. The van der Waals surface area contributed by atoms with E-state index >= 15 is 0 Å². The molecule has 2 atom stereocenters. The summed E-state index contributed by atoms with van der Waals surface area (Å²) in [6.07, 6.45) is 3.49. The summed E-state index contributed by atoms with van der Waals surface area (Å²) in [6, 6.07) is 16.6. The van der Waals surface area contributed by atoms with Crippen molar-refractivity contribution in [3.63, 3.8) is 0 Å². The smallest absolute Gasteiger partial charge is 0.165 e. The predicted molar refractivity (Wildman–Crippen MR) is 230 cm³/mol. The predicted octanol–water partition coefficient (Wildman–Crippen LogP) is 8.12. The first kappa shape index (κ1) is 34.0. The average Bonchev–Trinajstić information content (AvgIpc) is 3.20. The van der Waals surface area contributed by atoms with Crippen LogP contribution >= 0.6 is 46.6 Å².